The number of amidine groups is 1. The molecule has 102 valence electrons. The average Bonchev–Trinajstić information content (AvgIpc) is 2.59. The van der Waals surface area contributed by atoms with Gasteiger partial charge in [-0.2, -0.15) is 0 Å². The van der Waals surface area contributed by atoms with E-state index in [0.29, 0.717) is 15.9 Å². The van der Waals surface area contributed by atoms with E-state index in [9.17, 15) is 9.90 Å². The number of aromatic hydroxyl groups is 1. The van der Waals surface area contributed by atoms with Crippen LogP contribution in [0.4, 0.5) is 5.69 Å². The van der Waals surface area contributed by atoms with Gasteiger partial charge in [0.1, 0.15) is 5.75 Å². The summed E-state index contributed by atoms with van der Waals surface area (Å²) in [5.74, 6) is -0.936. The molecule has 0 radical (unpaired) electrons. The van der Waals surface area contributed by atoms with Crippen LogP contribution in [0, 0.1) is 0 Å². The van der Waals surface area contributed by atoms with E-state index in [1.165, 1.54) is 17.8 Å². The lowest BCUT2D eigenvalue weighted by Crippen LogP contribution is -2.34. The van der Waals surface area contributed by atoms with Gasteiger partial charge in [0.05, 0.1) is 10.4 Å². The molecule has 0 aliphatic carbocycles. The molecule has 0 spiro atoms. The number of hydrogen-bond acceptors (Lipinski definition) is 5. The van der Waals surface area contributed by atoms with Crippen molar-refractivity contribution in [3.05, 3.63) is 23.2 Å². The van der Waals surface area contributed by atoms with Crippen LogP contribution in [0.15, 0.2) is 23.2 Å². The van der Waals surface area contributed by atoms with Gasteiger partial charge in [-0.25, -0.2) is 9.79 Å². The van der Waals surface area contributed by atoms with E-state index in [4.69, 9.17) is 16.7 Å². The molecule has 0 saturated heterocycles. The first-order valence-electron chi connectivity index (χ1n) is 5.55. The van der Waals surface area contributed by atoms with Crippen molar-refractivity contribution in [3.8, 4) is 5.75 Å². The van der Waals surface area contributed by atoms with Crippen LogP contribution in [0.3, 0.4) is 0 Å². The first-order chi connectivity index (χ1) is 8.79. The maximum atomic E-state index is 11.1. The van der Waals surface area contributed by atoms with Crippen molar-refractivity contribution in [2.45, 2.75) is 24.6 Å². The topological polar surface area (TPSA) is 81.9 Å². The SMILES string of the molecule is CC1(C)SC(Nc2cc(Cl)ccc2O)=N[C@H]1C(=O)O. The third kappa shape index (κ3) is 2.96. The summed E-state index contributed by atoms with van der Waals surface area (Å²) in [5, 5.41) is 22.6. The molecule has 0 saturated carbocycles. The molecular formula is C12H13ClN2O3S. The van der Waals surface area contributed by atoms with Gasteiger partial charge in [-0.05, 0) is 32.0 Å². The van der Waals surface area contributed by atoms with E-state index in [1.54, 1.807) is 12.1 Å². The van der Waals surface area contributed by atoms with Crippen molar-refractivity contribution in [1.29, 1.82) is 0 Å². The molecule has 1 aliphatic heterocycles. The van der Waals surface area contributed by atoms with Gasteiger partial charge < -0.3 is 15.5 Å². The number of carbonyl (C=O) groups is 1. The van der Waals surface area contributed by atoms with Gasteiger partial charge in [0.25, 0.3) is 0 Å². The molecule has 0 amide bonds. The van der Waals surface area contributed by atoms with E-state index in [2.05, 4.69) is 10.3 Å². The molecule has 1 aromatic rings. The van der Waals surface area contributed by atoms with E-state index in [0.717, 1.165) is 0 Å². The first-order valence-corrected chi connectivity index (χ1v) is 6.74. The number of aliphatic imine (C=N–C) groups is 1. The molecular weight excluding hydrogens is 288 g/mol. The maximum Gasteiger partial charge on any atom is 0.329 e. The highest BCUT2D eigenvalue weighted by Crippen LogP contribution is 2.39. The first kappa shape index (κ1) is 14.0. The third-order valence-electron chi connectivity index (χ3n) is 2.70. The van der Waals surface area contributed by atoms with Crippen LogP contribution in [-0.2, 0) is 4.79 Å². The zero-order valence-electron chi connectivity index (χ0n) is 10.3. The quantitative estimate of drug-likeness (QED) is 0.732. The third-order valence-corrected chi connectivity index (χ3v) is 4.08. The molecule has 3 N–H and O–H groups in total. The van der Waals surface area contributed by atoms with Crippen molar-refractivity contribution in [1.82, 2.24) is 0 Å². The summed E-state index contributed by atoms with van der Waals surface area (Å²) in [6.07, 6.45) is 0. The summed E-state index contributed by atoms with van der Waals surface area (Å²) in [6.45, 7) is 3.62. The maximum absolute atomic E-state index is 11.1. The molecule has 2 rings (SSSR count). The molecule has 1 aromatic carbocycles. The van der Waals surface area contributed by atoms with Crippen molar-refractivity contribution in [3.63, 3.8) is 0 Å². The Morgan fingerprint density at radius 3 is 2.79 bits per heavy atom. The molecule has 1 aliphatic rings. The molecule has 0 bridgehead atoms. The number of halogens is 1. The molecule has 1 atom stereocenters. The van der Waals surface area contributed by atoms with Crippen LogP contribution >= 0.6 is 23.4 Å². The second-order valence-corrected chi connectivity index (χ2v) is 6.75. The number of rotatable bonds is 2. The Kier molecular flexibility index (Phi) is 3.64. The molecule has 0 unspecified atom stereocenters. The molecule has 5 nitrogen and oxygen atoms in total. The van der Waals surface area contributed by atoms with Gasteiger partial charge in [0.15, 0.2) is 11.2 Å². The zero-order chi connectivity index (χ0) is 14.2. The Morgan fingerprint density at radius 1 is 1.53 bits per heavy atom. The number of anilines is 1. The fourth-order valence-electron chi connectivity index (χ4n) is 1.74. The fraction of sp³-hybridized carbons (Fsp3) is 0.333. The number of thioether (sulfide) groups is 1. The Morgan fingerprint density at radius 2 is 2.21 bits per heavy atom. The number of carboxylic acids is 1. The highest BCUT2D eigenvalue weighted by Gasteiger charge is 2.42. The van der Waals surface area contributed by atoms with Crippen molar-refractivity contribution >= 4 is 40.2 Å². The summed E-state index contributed by atoms with van der Waals surface area (Å²) in [7, 11) is 0. The number of nitrogens with one attached hydrogen (secondary N) is 1. The van der Waals surface area contributed by atoms with Gasteiger partial charge in [0.2, 0.25) is 0 Å². The van der Waals surface area contributed by atoms with Gasteiger partial charge in [-0.15, -0.1) is 0 Å². The zero-order valence-corrected chi connectivity index (χ0v) is 11.9. The minimum Gasteiger partial charge on any atom is -0.506 e. The van der Waals surface area contributed by atoms with Crippen molar-refractivity contribution in [2.24, 2.45) is 4.99 Å². The highest BCUT2D eigenvalue weighted by molar-refractivity contribution is 8.15. The molecule has 0 fully saturated rings. The summed E-state index contributed by atoms with van der Waals surface area (Å²) in [5.41, 5.74) is 0.403. The lowest BCUT2D eigenvalue weighted by Gasteiger charge is -2.20. The molecule has 19 heavy (non-hydrogen) atoms. The van der Waals surface area contributed by atoms with E-state index in [-0.39, 0.29) is 5.75 Å². The second-order valence-electron chi connectivity index (χ2n) is 4.67. The standard InChI is InChI=1S/C12H13ClN2O3S/c1-12(2)9(10(17)18)15-11(19-12)14-7-5-6(13)3-4-8(7)16/h3-5,9,16H,1-2H3,(H,14,15)(H,17,18)/t9-/m0/s1. The fourth-order valence-corrected chi connectivity index (χ4v) is 2.99. The molecule has 7 heteroatoms. The molecule has 1 heterocycles. The van der Waals surface area contributed by atoms with Gasteiger partial charge in [0, 0.05) is 5.02 Å². The average molecular weight is 301 g/mol. The summed E-state index contributed by atoms with van der Waals surface area (Å²) >= 11 is 7.16. The minimum absolute atomic E-state index is 0.0317. The lowest BCUT2D eigenvalue weighted by molar-refractivity contribution is -0.138. The van der Waals surface area contributed by atoms with Crippen LogP contribution < -0.4 is 5.32 Å². The van der Waals surface area contributed by atoms with Crippen LogP contribution in [0.1, 0.15) is 13.8 Å². The van der Waals surface area contributed by atoms with Gasteiger partial charge in [-0.1, -0.05) is 23.4 Å². The summed E-state index contributed by atoms with van der Waals surface area (Å²) in [4.78, 5) is 15.2. The smallest absolute Gasteiger partial charge is 0.329 e. The van der Waals surface area contributed by atoms with E-state index in [1.807, 2.05) is 13.8 Å². The Bertz CT molecular complexity index is 560. The highest BCUT2D eigenvalue weighted by atomic mass is 35.5. The van der Waals surface area contributed by atoms with E-state index < -0.39 is 16.8 Å². The Balaban J connectivity index is 2.23. The van der Waals surface area contributed by atoms with Crippen LogP contribution in [-0.4, -0.2) is 32.1 Å². The van der Waals surface area contributed by atoms with Crippen molar-refractivity contribution < 1.29 is 15.0 Å². The number of carboxylic acid groups (broad SMARTS) is 1. The van der Waals surface area contributed by atoms with Gasteiger partial charge in [-0.3, -0.25) is 0 Å². The number of benzene rings is 1. The number of phenols is 1. The van der Waals surface area contributed by atoms with Gasteiger partial charge >= 0.3 is 5.97 Å². The van der Waals surface area contributed by atoms with E-state index >= 15 is 0 Å². The van der Waals surface area contributed by atoms with Crippen molar-refractivity contribution in [2.75, 3.05) is 5.32 Å². The second kappa shape index (κ2) is 4.94. The summed E-state index contributed by atoms with van der Waals surface area (Å²) in [6, 6.07) is 3.77. The van der Waals surface area contributed by atoms with Crippen LogP contribution in [0.25, 0.3) is 0 Å². The number of aliphatic carboxylic acids is 1. The van der Waals surface area contributed by atoms with Crippen LogP contribution in [0.2, 0.25) is 5.02 Å². The molecule has 0 aromatic heterocycles. The summed E-state index contributed by atoms with van der Waals surface area (Å²) < 4.78 is -0.539. The minimum atomic E-state index is -0.968. The number of phenolic OH excluding ortho intramolecular Hbond substituents is 1. The normalized spacial score (nSPS) is 21.0. The predicted molar refractivity (Wildman–Crippen MR) is 77.3 cm³/mol. The Labute approximate surface area is 119 Å². The number of hydrogen-bond donors (Lipinski definition) is 3. The van der Waals surface area contributed by atoms with Crippen LogP contribution in [0.5, 0.6) is 5.75 Å². The lowest BCUT2D eigenvalue weighted by atomic mass is 10.0. The monoisotopic (exact) mass is 300 g/mol. The Hall–Kier alpha value is -1.40. The number of nitrogens with zero attached hydrogens (tertiary/aromatic N) is 1. The largest absolute Gasteiger partial charge is 0.506 e. The predicted octanol–water partition coefficient (Wildman–Crippen LogP) is 2.79.